The first-order chi connectivity index (χ1) is 18.7. The lowest BCUT2D eigenvalue weighted by Crippen LogP contribution is -2.29. The maximum Gasteiger partial charge on any atom is 0.252 e. The van der Waals surface area contributed by atoms with Crippen molar-refractivity contribution in [3.8, 4) is 17.2 Å². The molecular formula is C28H32N6O4. The number of hydrogen-bond acceptors (Lipinski definition) is 8. The molecule has 1 fully saturated rings. The van der Waals surface area contributed by atoms with Gasteiger partial charge >= 0.3 is 0 Å². The van der Waals surface area contributed by atoms with E-state index in [1.807, 2.05) is 47.1 Å². The van der Waals surface area contributed by atoms with Crippen LogP contribution in [-0.2, 0) is 19.6 Å². The fraction of sp³-hybridized carbons (Fsp3) is 0.429. The van der Waals surface area contributed by atoms with Gasteiger partial charge in [-0.2, -0.15) is 0 Å². The number of aromatic nitrogens is 5. The average Bonchev–Trinajstić information content (AvgIpc) is 3.41. The van der Waals surface area contributed by atoms with Gasteiger partial charge in [-0.15, -0.1) is 5.10 Å². The van der Waals surface area contributed by atoms with Crippen LogP contribution in [0.3, 0.4) is 0 Å². The van der Waals surface area contributed by atoms with Crippen molar-refractivity contribution in [2.45, 2.75) is 57.8 Å². The summed E-state index contributed by atoms with van der Waals surface area (Å²) >= 11 is 0. The highest BCUT2D eigenvalue weighted by Gasteiger charge is 2.23. The molecule has 6 rings (SSSR count). The molecule has 1 N–H and O–H groups in total. The van der Waals surface area contributed by atoms with Gasteiger partial charge in [0, 0.05) is 35.7 Å². The number of tetrazole rings is 1. The zero-order valence-corrected chi connectivity index (χ0v) is 21.6. The number of nitrogens with zero attached hydrogens (tertiary/aromatic N) is 5. The Morgan fingerprint density at radius 3 is 2.58 bits per heavy atom. The molecule has 0 amide bonds. The highest BCUT2D eigenvalue weighted by atomic mass is 16.6. The van der Waals surface area contributed by atoms with E-state index in [4.69, 9.17) is 14.2 Å². The van der Waals surface area contributed by atoms with Crippen molar-refractivity contribution in [2.24, 2.45) is 0 Å². The number of nitrogens with one attached hydrogen (secondary N) is 1. The van der Waals surface area contributed by atoms with Crippen molar-refractivity contribution >= 4 is 10.9 Å². The molecule has 1 saturated carbocycles. The van der Waals surface area contributed by atoms with Crippen LogP contribution in [0.4, 0.5) is 0 Å². The molecule has 2 aromatic heterocycles. The molecular weight excluding hydrogens is 484 g/mol. The van der Waals surface area contributed by atoms with Crippen LogP contribution in [0, 0.1) is 0 Å². The maximum absolute atomic E-state index is 13.2. The summed E-state index contributed by atoms with van der Waals surface area (Å²) in [7, 11) is 1.67. The Labute approximate surface area is 220 Å². The summed E-state index contributed by atoms with van der Waals surface area (Å²) in [5.74, 6) is 2.96. The number of para-hydroxylation sites is 1. The Hall–Kier alpha value is -3.92. The SMILES string of the molecule is COc1ccccc1CN(Cc1cc2cc3c(cc2[nH]c1=O)OCCO3)Cc1nnnn1C1CCCCC1. The number of ether oxygens (including phenoxy) is 3. The molecule has 3 heterocycles. The summed E-state index contributed by atoms with van der Waals surface area (Å²) in [6, 6.07) is 14.0. The molecule has 0 spiro atoms. The topological polar surface area (TPSA) is 107 Å². The molecule has 38 heavy (non-hydrogen) atoms. The fourth-order valence-corrected chi connectivity index (χ4v) is 5.51. The van der Waals surface area contributed by atoms with Crippen molar-refractivity contribution in [3.63, 3.8) is 0 Å². The highest BCUT2D eigenvalue weighted by molar-refractivity contribution is 5.83. The van der Waals surface area contributed by atoms with Gasteiger partial charge < -0.3 is 19.2 Å². The van der Waals surface area contributed by atoms with Gasteiger partial charge in [0.15, 0.2) is 17.3 Å². The third-order valence-corrected chi connectivity index (χ3v) is 7.41. The predicted molar refractivity (Wildman–Crippen MR) is 141 cm³/mol. The van der Waals surface area contributed by atoms with Gasteiger partial charge in [-0.1, -0.05) is 37.5 Å². The molecule has 0 bridgehead atoms. The highest BCUT2D eigenvalue weighted by Crippen LogP contribution is 2.34. The molecule has 4 aromatic rings. The van der Waals surface area contributed by atoms with Gasteiger partial charge in [0.05, 0.1) is 25.2 Å². The summed E-state index contributed by atoms with van der Waals surface area (Å²) in [6.45, 7) is 2.49. The molecule has 10 nitrogen and oxygen atoms in total. The van der Waals surface area contributed by atoms with Crippen LogP contribution in [0.1, 0.15) is 55.1 Å². The van der Waals surface area contributed by atoms with E-state index in [0.29, 0.717) is 56.0 Å². The molecule has 0 unspecified atom stereocenters. The molecule has 0 saturated heterocycles. The largest absolute Gasteiger partial charge is 0.496 e. The number of hydrogen-bond donors (Lipinski definition) is 1. The van der Waals surface area contributed by atoms with Crippen LogP contribution in [0.25, 0.3) is 10.9 Å². The molecule has 0 radical (unpaired) electrons. The first-order valence-corrected chi connectivity index (χ1v) is 13.2. The summed E-state index contributed by atoms with van der Waals surface area (Å²) in [4.78, 5) is 18.4. The number of methoxy groups -OCH3 is 1. The Kier molecular flexibility index (Phi) is 6.96. The second-order valence-corrected chi connectivity index (χ2v) is 10.00. The van der Waals surface area contributed by atoms with Crippen molar-refractivity contribution in [2.75, 3.05) is 20.3 Å². The molecule has 10 heteroatoms. The Morgan fingerprint density at radius 1 is 1.00 bits per heavy atom. The van der Waals surface area contributed by atoms with Crippen molar-refractivity contribution in [1.29, 1.82) is 0 Å². The van der Waals surface area contributed by atoms with Crippen LogP contribution in [-0.4, -0.2) is 50.4 Å². The summed E-state index contributed by atoms with van der Waals surface area (Å²) in [5.41, 5.74) is 2.27. The normalized spacial score (nSPS) is 15.7. The van der Waals surface area contributed by atoms with E-state index in [2.05, 4.69) is 25.4 Å². The minimum absolute atomic E-state index is 0.133. The number of rotatable bonds is 8. The van der Waals surface area contributed by atoms with E-state index >= 15 is 0 Å². The van der Waals surface area contributed by atoms with Gasteiger partial charge in [0.25, 0.3) is 5.56 Å². The lowest BCUT2D eigenvalue weighted by molar-refractivity contribution is 0.172. The monoisotopic (exact) mass is 516 g/mol. The third-order valence-electron chi connectivity index (χ3n) is 7.41. The summed E-state index contributed by atoms with van der Waals surface area (Å²) in [6.07, 6.45) is 5.83. The maximum atomic E-state index is 13.2. The number of fused-ring (bicyclic) bond motifs is 2. The number of aromatic amines is 1. The predicted octanol–water partition coefficient (Wildman–Crippen LogP) is 4.00. The minimum Gasteiger partial charge on any atom is -0.496 e. The first-order valence-electron chi connectivity index (χ1n) is 13.2. The zero-order chi connectivity index (χ0) is 25.9. The smallest absolute Gasteiger partial charge is 0.252 e. The zero-order valence-electron chi connectivity index (χ0n) is 21.6. The van der Waals surface area contributed by atoms with E-state index < -0.39 is 0 Å². The molecule has 198 valence electrons. The van der Waals surface area contributed by atoms with Crippen LogP contribution >= 0.6 is 0 Å². The van der Waals surface area contributed by atoms with E-state index in [9.17, 15) is 4.79 Å². The number of benzene rings is 2. The van der Waals surface area contributed by atoms with Gasteiger partial charge in [0.2, 0.25) is 0 Å². The van der Waals surface area contributed by atoms with Gasteiger partial charge in [-0.05, 0) is 41.5 Å². The fourth-order valence-electron chi connectivity index (χ4n) is 5.51. The molecule has 1 aliphatic carbocycles. The van der Waals surface area contributed by atoms with E-state index in [1.165, 1.54) is 19.3 Å². The van der Waals surface area contributed by atoms with Gasteiger partial charge in [-0.3, -0.25) is 9.69 Å². The standard InChI is InChI=1S/C28H32N6O4/c1-36-24-10-6-5-7-19(24)16-33(18-27-30-31-32-34(27)22-8-3-2-4-9-22)17-21-13-20-14-25-26(38-12-11-37-25)15-23(20)29-28(21)35/h5-7,10,13-15,22H,2-4,8-9,11-12,16-18H2,1H3,(H,29,35). The van der Waals surface area contributed by atoms with E-state index in [1.54, 1.807) is 7.11 Å². The quantitative estimate of drug-likeness (QED) is 0.375. The van der Waals surface area contributed by atoms with Gasteiger partial charge in [0.1, 0.15) is 19.0 Å². The Bertz CT molecular complexity index is 1480. The second-order valence-electron chi connectivity index (χ2n) is 10.00. The van der Waals surface area contributed by atoms with Crippen molar-refractivity contribution in [3.05, 3.63) is 69.8 Å². The molecule has 2 aliphatic rings. The Morgan fingerprint density at radius 2 is 1.76 bits per heavy atom. The van der Waals surface area contributed by atoms with Crippen LogP contribution in [0.2, 0.25) is 0 Å². The van der Waals surface area contributed by atoms with Crippen molar-refractivity contribution in [1.82, 2.24) is 30.1 Å². The van der Waals surface area contributed by atoms with E-state index in [-0.39, 0.29) is 5.56 Å². The number of pyridine rings is 1. The lowest BCUT2D eigenvalue weighted by atomic mass is 9.95. The van der Waals surface area contributed by atoms with E-state index in [0.717, 1.165) is 40.9 Å². The Balaban J connectivity index is 1.33. The summed E-state index contributed by atoms with van der Waals surface area (Å²) < 4.78 is 19.1. The molecule has 1 aliphatic heterocycles. The first kappa shape index (κ1) is 24.4. The second kappa shape index (κ2) is 10.8. The lowest BCUT2D eigenvalue weighted by Gasteiger charge is -2.26. The van der Waals surface area contributed by atoms with Crippen molar-refractivity contribution < 1.29 is 14.2 Å². The van der Waals surface area contributed by atoms with Gasteiger partial charge in [-0.25, -0.2) is 4.68 Å². The number of H-pyrrole nitrogens is 1. The van der Waals surface area contributed by atoms with Crippen LogP contribution in [0.5, 0.6) is 17.2 Å². The van der Waals surface area contributed by atoms with Crippen LogP contribution < -0.4 is 19.8 Å². The average molecular weight is 517 g/mol. The molecule has 2 aromatic carbocycles. The van der Waals surface area contributed by atoms with Crippen LogP contribution in [0.15, 0.2) is 47.3 Å². The summed E-state index contributed by atoms with van der Waals surface area (Å²) in [5, 5.41) is 13.7. The molecule has 0 atom stereocenters. The third kappa shape index (κ3) is 5.08. The minimum atomic E-state index is -0.133.